The van der Waals surface area contributed by atoms with Crippen LogP contribution in [-0.2, 0) is 14.2 Å². The van der Waals surface area contributed by atoms with E-state index >= 15 is 0 Å². The van der Waals surface area contributed by atoms with Crippen molar-refractivity contribution in [3.63, 3.8) is 0 Å². The van der Waals surface area contributed by atoms with E-state index in [-0.39, 0.29) is 0 Å². The van der Waals surface area contributed by atoms with E-state index in [0.29, 0.717) is 29.6 Å². The van der Waals surface area contributed by atoms with Crippen molar-refractivity contribution in [1.29, 1.82) is 0 Å². The molecular weight excluding hydrogens is 330 g/mol. The largest absolute Gasteiger partial charge is 0.379 e. The molecule has 0 aromatic rings. The summed E-state index contributed by atoms with van der Waals surface area (Å²) < 4.78 is 17.3. The highest BCUT2D eigenvalue weighted by Gasteiger charge is 2.65. The molecule has 4 rings (SSSR count). The Hall–Kier alpha value is -0.850. The zero-order valence-corrected chi connectivity index (χ0v) is 16.2. The van der Waals surface area contributed by atoms with E-state index in [9.17, 15) is 0 Å². The average molecular weight is 366 g/mol. The van der Waals surface area contributed by atoms with Gasteiger partial charge >= 0.3 is 0 Å². The van der Waals surface area contributed by atoms with Gasteiger partial charge in [-0.15, -0.1) is 0 Å². The SMILES string of the molecule is CCNC(=NCCCOC1CCOC1)NC1C2CCOC2C12CCCC2. The second kappa shape index (κ2) is 8.44. The molecule has 0 aromatic carbocycles. The van der Waals surface area contributed by atoms with Crippen LogP contribution < -0.4 is 10.6 Å². The van der Waals surface area contributed by atoms with Gasteiger partial charge < -0.3 is 24.8 Å². The Morgan fingerprint density at radius 1 is 1.23 bits per heavy atom. The fraction of sp³-hybridized carbons (Fsp3) is 0.950. The Bertz CT molecular complexity index is 487. The summed E-state index contributed by atoms with van der Waals surface area (Å²) in [5, 5.41) is 7.23. The van der Waals surface area contributed by atoms with Crippen LogP contribution in [0.3, 0.4) is 0 Å². The molecule has 2 saturated carbocycles. The lowest BCUT2D eigenvalue weighted by Gasteiger charge is -2.57. The van der Waals surface area contributed by atoms with Crippen molar-refractivity contribution in [2.45, 2.75) is 70.1 Å². The third-order valence-electron chi connectivity index (χ3n) is 6.74. The Labute approximate surface area is 157 Å². The third kappa shape index (κ3) is 3.60. The summed E-state index contributed by atoms with van der Waals surface area (Å²) in [6.45, 7) is 7.12. The van der Waals surface area contributed by atoms with Crippen molar-refractivity contribution in [2.24, 2.45) is 16.3 Å². The topological polar surface area (TPSA) is 64.1 Å². The summed E-state index contributed by atoms with van der Waals surface area (Å²) in [7, 11) is 0. The number of nitrogens with one attached hydrogen (secondary N) is 2. The molecule has 0 amide bonds. The standard InChI is InChI=1S/C20H35N3O3/c1-2-21-19(22-10-5-11-25-15-6-12-24-14-15)23-17-16-7-13-26-18(16)20(17)8-3-4-9-20/h15-18H,2-14H2,1H3,(H2,21,22,23). The normalized spacial score (nSPS) is 35.5. The van der Waals surface area contributed by atoms with Crippen molar-refractivity contribution in [3.05, 3.63) is 0 Å². The van der Waals surface area contributed by atoms with Crippen LogP contribution in [0.2, 0.25) is 0 Å². The Morgan fingerprint density at radius 2 is 2.12 bits per heavy atom. The van der Waals surface area contributed by atoms with E-state index in [4.69, 9.17) is 19.2 Å². The Morgan fingerprint density at radius 3 is 2.88 bits per heavy atom. The van der Waals surface area contributed by atoms with Crippen molar-refractivity contribution in [3.8, 4) is 0 Å². The van der Waals surface area contributed by atoms with Crippen LogP contribution in [0.5, 0.6) is 0 Å². The minimum Gasteiger partial charge on any atom is -0.379 e. The predicted octanol–water partition coefficient (Wildman–Crippen LogP) is 2.08. The molecule has 2 aliphatic heterocycles. The van der Waals surface area contributed by atoms with Gasteiger partial charge in [-0.05, 0) is 39.0 Å². The number of fused-ring (bicyclic) bond motifs is 2. The highest BCUT2D eigenvalue weighted by Crippen LogP contribution is 2.60. The number of hydrogen-bond acceptors (Lipinski definition) is 4. The molecule has 2 saturated heterocycles. The molecule has 4 fully saturated rings. The van der Waals surface area contributed by atoms with Gasteiger partial charge in [0.25, 0.3) is 0 Å². The van der Waals surface area contributed by atoms with Crippen molar-refractivity contribution >= 4 is 5.96 Å². The molecule has 2 heterocycles. The van der Waals surface area contributed by atoms with Gasteiger partial charge in [0.05, 0.1) is 18.8 Å². The zero-order chi connectivity index (χ0) is 17.8. The minimum atomic E-state index is 0.293. The maximum atomic E-state index is 6.10. The fourth-order valence-electron chi connectivity index (χ4n) is 5.52. The molecule has 0 radical (unpaired) electrons. The highest BCUT2D eigenvalue weighted by molar-refractivity contribution is 5.80. The number of nitrogens with zero attached hydrogens (tertiary/aromatic N) is 1. The summed E-state index contributed by atoms with van der Waals surface area (Å²) in [4.78, 5) is 4.81. The van der Waals surface area contributed by atoms with Gasteiger partial charge in [0.15, 0.2) is 5.96 Å². The van der Waals surface area contributed by atoms with Crippen molar-refractivity contribution in [1.82, 2.24) is 10.6 Å². The summed E-state index contributed by atoms with van der Waals surface area (Å²) in [6.07, 6.45) is 9.28. The lowest BCUT2D eigenvalue weighted by molar-refractivity contribution is -0.125. The Balaban J connectivity index is 1.28. The second-order valence-electron chi connectivity index (χ2n) is 8.28. The lowest BCUT2D eigenvalue weighted by atomic mass is 9.54. The first-order chi connectivity index (χ1) is 12.8. The molecule has 2 aliphatic carbocycles. The first-order valence-electron chi connectivity index (χ1n) is 10.7. The summed E-state index contributed by atoms with van der Waals surface area (Å²) in [6, 6.07) is 0.530. The Kier molecular flexibility index (Phi) is 6.01. The molecule has 4 unspecified atom stereocenters. The highest BCUT2D eigenvalue weighted by atomic mass is 16.5. The number of rotatable bonds is 7. The van der Waals surface area contributed by atoms with Crippen LogP contribution in [0, 0.1) is 11.3 Å². The monoisotopic (exact) mass is 365 g/mol. The lowest BCUT2D eigenvalue weighted by Crippen LogP contribution is -2.69. The maximum absolute atomic E-state index is 6.10. The van der Waals surface area contributed by atoms with Gasteiger partial charge in [-0.3, -0.25) is 4.99 Å². The smallest absolute Gasteiger partial charge is 0.191 e. The quantitative estimate of drug-likeness (QED) is 0.411. The summed E-state index contributed by atoms with van der Waals surface area (Å²) >= 11 is 0. The molecule has 6 nitrogen and oxygen atoms in total. The zero-order valence-electron chi connectivity index (χ0n) is 16.2. The molecule has 0 bridgehead atoms. The molecule has 26 heavy (non-hydrogen) atoms. The number of hydrogen-bond donors (Lipinski definition) is 2. The van der Waals surface area contributed by atoms with E-state index in [1.54, 1.807) is 0 Å². The predicted molar refractivity (Wildman–Crippen MR) is 101 cm³/mol. The minimum absolute atomic E-state index is 0.293. The second-order valence-corrected chi connectivity index (χ2v) is 8.28. The van der Waals surface area contributed by atoms with Gasteiger partial charge in [-0.25, -0.2) is 0 Å². The molecule has 148 valence electrons. The summed E-state index contributed by atoms with van der Waals surface area (Å²) in [5.74, 6) is 1.64. The fourth-order valence-corrected chi connectivity index (χ4v) is 5.52. The van der Waals surface area contributed by atoms with E-state index in [0.717, 1.165) is 58.3 Å². The molecule has 4 aliphatic rings. The molecule has 0 aromatic heterocycles. The van der Waals surface area contributed by atoms with E-state index in [1.165, 1.54) is 32.1 Å². The van der Waals surface area contributed by atoms with Gasteiger partial charge in [-0.1, -0.05) is 12.8 Å². The maximum Gasteiger partial charge on any atom is 0.191 e. The molecule has 1 spiro atoms. The van der Waals surface area contributed by atoms with E-state index in [2.05, 4.69) is 17.6 Å². The van der Waals surface area contributed by atoms with E-state index in [1.807, 2.05) is 0 Å². The van der Waals surface area contributed by atoms with Gasteiger partial charge in [0.2, 0.25) is 0 Å². The molecule has 4 atom stereocenters. The van der Waals surface area contributed by atoms with Crippen LogP contribution in [0.4, 0.5) is 0 Å². The van der Waals surface area contributed by atoms with Gasteiger partial charge in [0, 0.05) is 50.3 Å². The van der Waals surface area contributed by atoms with Gasteiger partial charge in [0.1, 0.15) is 0 Å². The van der Waals surface area contributed by atoms with Crippen LogP contribution in [0.1, 0.15) is 51.9 Å². The first-order valence-corrected chi connectivity index (χ1v) is 10.7. The van der Waals surface area contributed by atoms with Crippen LogP contribution >= 0.6 is 0 Å². The van der Waals surface area contributed by atoms with Crippen LogP contribution in [0.15, 0.2) is 4.99 Å². The molecule has 6 heteroatoms. The van der Waals surface area contributed by atoms with Crippen molar-refractivity contribution < 1.29 is 14.2 Å². The number of guanidine groups is 1. The molecule has 2 N–H and O–H groups in total. The van der Waals surface area contributed by atoms with E-state index < -0.39 is 0 Å². The third-order valence-corrected chi connectivity index (χ3v) is 6.74. The average Bonchev–Trinajstić information content (AvgIpc) is 3.39. The summed E-state index contributed by atoms with van der Waals surface area (Å²) in [5.41, 5.74) is 0.364. The van der Waals surface area contributed by atoms with Gasteiger partial charge in [-0.2, -0.15) is 0 Å². The molecular formula is C20H35N3O3. The van der Waals surface area contributed by atoms with Crippen molar-refractivity contribution in [2.75, 3.05) is 39.5 Å². The van der Waals surface area contributed by atoms with Crippen LogP contribution in [-0.4, -0.2) is 63.7 Å². The number of aliphatic imine (C=N–C) groups is 1. The number of ether oxygens (including phenoxy) is 3. The van der Waals surface area contributed by atoms with Crippen LogP contribution in [0.25, 0.3) is 0 Å². The first kappa shape index (κ1) is 18.5.